The minimum atomic E-state index is -4.43. The van der Waals surface area contributed by atoms with E-state index in [1.807, 2.05) is 0 Å². The Kier molecular flexibility index (Phi) is 4.74. The van der Waals surface area contributed by atoms with Crippen molar-refractivity contribution in [3.05, 3.63) is 46.6 Å². The number of likely N-dealkylation sites (tertiary alicyclic amines) is 1. The maximum Gasteiger partial charge on any atom is 0.416 e. The summed E-state index contributed by atoms with van der Waals surface area (Å²) in [6.45, 7) is 2.01. The van der Waals surface area contributed by atoms with Crippen LogP contribution in [0.15, 0.2) is 29.8 Å². The number of aromatic nitrogens is 1. The molecule has 2 amide bonds. The van der Waals surface area contributed by atoms with Crippen LogP contribution in [0.4, 0.5) is 18.2 Å². The van der Waals surface area contributed by atoms with E-state index in [1.165, 1.54) is 28.4 Å². The van der Waals surface area contributed by atoms with Gasteiger partial charge in [0.2, 0.25) is 11.8 Å². The molecule has 1 aliphatic rings. The van der Waals surface area contributed by atoms with Crippen LogP contribution in [0.2, 0.25) is 0 Å². The fourth-order valence-electron chi connectivity index (χ4n) is 3.02. The molecule has 1 N–H and O–H groups in total. The molecule has 138 valence electrons. The summed E-state index contributed by atoms with van der Waals surface area (Å²) in [6.07, 6.45) is -4.43. The molecule has 2 heterocycles. The van der Waals surface area contributed by atoms with Crippen LogP contribution in [0.1, 0.15) is 22.7 Å². The SMILES string of the molecule is Cc1ncsc1NC(=O)[C@@H]1C(=O)N(C)C[C@H]1c1ccc(C(F)(F)F)cc1. The normalized spacial score (nSPS) is 20.5. The lowest BCUT2D eigenvalue weighted by Gasteiger charge is -2.17. The zero-order chi connectivity index (χ0) is 19.1. The molecule has 0 spiro atoms. The van der Waals surface area contributed by atoms with Crippen LogP contribution in [0.3, 0.4) is 0 Å². The van der Waals surface area contributed by atoms with Gasteiger partial charge in [-0.15, -0.1) is 11.3 Å². The van der Waals surface area contributed by atoms with E-state index in [-0.39, 0.29) is 12.5 Å². The van der Waals surface area contributed by atoms with Gasteiger partial charge in [0.05, 0.1) is 16.8 Å². The molecular formula is C17H16F3N3O2S. The lowest BCUT2D eigenvalue weighted by molar-refractivity contribution is -0.138. The van der Waals surface area contributed by atoms with E-state index in [9.17, 15) is 22.8 Å². The number of carbonyl (C=O) groups excluding carboxylic acids is 2. The Morgan fingerprint density at radius 3 is 2.50 bits per heavy atom. The second kappa shape index (κ2) is 6.71. The molecule has 1 fully saturated rings. The number of amides is 2. The van der Waals surface area contributed by atoms with Crippen molar-refractivity contribution >= 4 is 28.2 Å². The molecule has 9 heteroatoms. The number of benzene rings is 1. The van der Waals surface area contributed by atoms with Crippen molar-refractivity contribution in [2.75, 3.05) is 18.9 Å². The zero-order valence-electron chi connectivity index (χ0n) is 14.0. The summed E-state index contributed by atoms with van der Waals surface area (Å²) in [4.78, 5) is 30.6. The summed E-state index contributed by atoms with van der Waals surface area (Å²) < 4.78 is 38.2. The zero-order valence-corrected chi connectivity index (χ0v) is 14.8. The highest BCUT2D eigenvalue weighted by molar-refractivity contribution is 7.14. The van der Waals surface area contributed by atoms with Gasteiger partial charge < -0.3 is 10.2 Å². The lowest BCUT2D eigenvalue weighted by Crippen LogP contribution is -2.32. The third kappa shape index (κ3) is 3.44. The predicted octanol–water partition coefficient (Wildman–Crippen LogP) is 3.28. The van der Waals surface area contributed by atoms with E-state index in [4.69, 9.17) is 0 Å². The Morgan fingerprint density at radius 2 is 1.96 bits per heavy atom. The van der Waals surface area contributed by atoms with Gasteiger partial charge in [-0.05, 0) is 24.6 Å². The van der Waals surface area contributed by atoms with Crippen LogP contribution in [0.5, 0.6) is 0 Å². The molecule has 0 radical (unpaired) electrons. The molecule has 26 heavy (non-hydrogen) atoms. The Labute approximate surface area is 151 Å². The first-order valence-corrected chi connectivity index (χ1v) is 8.69. The van der Waals surface area contributed by atoms with Gasteiger partial charge in [0.15, 0.2) is 0 Å². The lowest BCUT2D eigenvalue weighted by atomic mass is 9.87. The maximum absolute atomic E-state index is 12.7. The molecular weight excluding hydrogens is 367 g/mol. The monoisotopic (exact) mass is 383 g/mol. The fourth-order valence-corrected chi connectivity index (χ4v) is 3.72. The van der Waals surface area contributed by atoms with Gasteiger partial charge in [0.1, 0.15) is 10.9 Å². The molecule has 2 aromatic rings. The van der Waals surface area contributed by atoms with Crippen molar-refractivity contribution < 1.29 is 22.8 Å². The standard InChI is InChI=1S/C17H16F3N3O2S/c1-9-15(26-8-21-9)22-14(24)13-12(7-23(2)16(13)25)10-3-5-11(6-4-10)17(18,19)20/h3-6,8,12-13H,7H2,1-2H3,(H,22,24)/t12-,13+/m0/s1. The molecule has 1 saturated heterocycles. The number of alkyl halides is 3. The average molecular weight is 383 g/mol. The number of halogens is 3. The largest absolute Gasteiger partial charge is 0.416 e. The van der Waals surface area contributed by atoms with E-state index in [0.717, 1.165) is 12.1 Å². The second-order valence-electron chi connectivity index (χ2n) is 6.18. The number of carbonyl (C=O) groups is 2. The number of thiazole rings is 1. The summed E-state index contributed by atoms with van der Waals surface area (Å²) in [5.74, 6) is -2.33. The van der Waals surface area contributed by atoms with Crippen molar-refractivity contribution in [2.24, 2.45) is 5.92 Å². The second-order valence-corrected chi connectivity index (χ2v) is 7.03. The van der Waals surface area contributed by atoms with Crippen LogP contribution in [-0.4, -0.2) is 35.3 Å². The maximum atomic E-state index is 12.7. The summed E-state index contributed by atoms with van der Waals surface area (Å²) >= 11 is 1.25. The van der Waals surface area contributed by atoms with Crippen molar-refractivity contribution in [3.63, 3.8) is 0 Å². The number of anilines is 1. The molecule has 2 atom stereocenters. The number of nitrogens with zero attached hydrogens (tertiary/aromatic N) is 2. The Morgan fingerprint density at radius 1 is 1.31 bits per heavy atom. The van der Waals surface area contributed by atoms with Crippen molar-refractivity contribution in [1.29, 1.82) is 0 Å². The third-order valence-corrected chi connectivity index (χ3v) is 5.29. The summed E-state index contributed by atoms with van der Waals surface area (Å²) in [5, 5.41) is 3.27. The van der Waals surface area contributed by atoms with E-state index < -0.39 is 29.5 Å². The highest BCUT2D eigenvalue weighted by atomic mass is 32.1. The smallest absolute Gasteiger partial charge is 0.344 e. The first kappa shape index (κ1) is 18.4. The number of hydrogen-bond donors (Lipinski definition) is 1. The van der Waals surface area contributed by atoms with E-state index in [1.54, 1.807) is 19.5 Å². The topological polar surface area (TPSA) is 62.3 Å². The summed E-state index contributed by atoms with van der Waals surface area (Å²) in [6, 6.07) is 4.61. The van der Waals surface area contributed by atoms with Gasteiger partial charge in [-0.25, -0.2) is 4.98 Å². The molecule has 1 aromatic carbocycles. The Balaban J connectivity index is 1.86. The van der Waals surface area contributed by atoms with E-state index >= 15 is 0 Å². The molecule has 0 aliphatic carbocycles. The fraction of sp³-hybridized carbons (Fsp3) is 0.353. The van der Waals surface area contributed by atoms with Gasteiger partial charge in [0, 0.05) is 19.5 Å². The van der Waals surface area contributed by atoms with Crippen LogP contribution >= 0.6 is 11.3 Å². The third-order valence-electron chi connectivity index (χ3n) is 4.45. The number of aryl methyl sites for hydroxylation is 1. The number of nitrogens with one attached hydrogen (secondary N) is 1. The molecule has 0 bridgehead atoms. The first-order valence-electron chi connectivity index (χ1n) is 7.81. The van der Waals surface area contributed by atoms with E-state index in [0.29, 0.717) is 16.3 Å². The average Bonchev–Trinajstić information content (AvgIpc) is 3.11. The highest BCUT2D eigenvalue weighted by Gasteiger charge is 2.44. The molecule has 1 aromatic heterocycles. The van der Waals surface area contributed by atoms with Crippen LogP contribution in [-0.2, 0) is 15.8 Å². The molecule has 0 saturated carbocycles. The van der Waals surface area contributed by atoms with Gasteiger partial charge in [0.25, 0.3) is 0 Å². The van der Waals surface area contributed by atoms with Gasteiger partial charge >= 0.3 is 6.18 Å². The van der Waals surface area contributed by atoms with Gasteiger partial charge in [-0.3, -0.25) is 9.59 Å². The van der Waals surface area contributed by atoms with Crippen molar-refractivity contribution in [3.8, 4) is 0 Å². The minimum Gasteiger partial charge on any atom is -0.344 e. The first-order chi connectivity index (χ1) is 12.2. The van der Waals surface area contributed by atoms with Crippen LogP contribution < -0.4 is 5.32 Å². The van der Waals surface area contributed by atoms with Crippen LogP contribution in [0, 0.1) is 12.8 Å². The minimum absolute atomic E-state index is 0.268. The molecule has 3 rings (SSSR count). The molecule has 1 aliphatic heterocycles. The van der Waals surface area contributed by atoms with Crippen LogP contribution in [0.25, 0.3) is 0 Å². The van der Waals surface area contributed by atoms with Crippen molar-refractivity contribution in [2.45, 2.75) is 19.0 Å². The summed E-state index contributed by atoms with van der Waals surface area (Å²) in [7, 11) is 1.57. The summed E-state index contributed by atoms with van der Waals surface area (Å²) in [5.41, 5.74) is 1.99. The number of rotatable bonds is 3. The Hall–Kier alpha value is -2.42. The Bertz CT molecular complexity index is 833. The number of likely N-dealkylation sites (N-methyl/N-ethyl adjacent to an activating group) is 1. The molecule has 0 unspecified atom stereocenters. The van der Waals surface area contributed by atoms with Gasteiger partial charge in [-0.1, -0.05) is 12.1 Å². The predicted molar refractivity (Wildman–Crippen MR) is 90.8 cm³/mol. The van der Waals surface area contributed by atoms with E-state index in [2.05, 4.69) is 10.3 Å². The quantitative estimate of drug-likeness (QED) is 0.828. The highest BCUT2D eigenvalue weighted by Crippen LogP contribution is 2.36. The number of hydrogen-bond acceptors (Lipinski definition) is 4. The molecule has 5 nitrogen and oxygen atoms in total. The van der Waals surface area contributed by atoms with Gasteiger partial charge in [-0.2, -0.15) is 13.2 Å². The van der Waals surface area contributed by atoms with Crippen molar-refractivity contribution in [1.82, 2.24) is 9.88 Å².